The van der Waals surface area contributed by atoms with Crippen LogP contribution in [0.15, 0.2) is 4.42 Å². The minimum atomic E-state index is -0.250. The summed E-state index contributed by atoms with van der Waals surface area (Å²) in [4.78, 5) is 21.5. The molecule has 1 aromatic rings. The summed E-state index contributed by atoms with van der Waals surface area (Å²) in [6.07, 6.45) is 46.6. The monoisotopic (exact) mass is 794 g/mol. The smallest absolute Gasteiger partial charge is 0.290 e. The fourth-order valence-corrected chi connectivity index (χ4v) is 7.48. The zero-order valence-corrected chi connectivity index (χ0v) is 38.0. The largest absolute Gasteiger partial charge is 0.483 e. The van der Waals surface area contributed by atoms with Gasteiger partial charge in [-0.1, -0.05) is 201 Å². The molecule has 0 saturated heterocycles. The van der Waals surface area contributed by atoms with E-state index in [-0.39, 0.29) is 6.47 Å². The highest BCUT2D eigenvalue weighted by Gasteiger charge is 2.11. The van der Waals surface area contributed by atoms with E-state index >= 15 is 0 Å². The van der Waals surface area contributed by atoms with Crippen molar-refractivity contribution in [2.45, 2.75) is 246 Å². The van der Waals surface area contributed by atoms with E-state index in [0.29, 0.717) is 12.3 Å². The molecule has 332 valence electrons. The van der Waals surface area contributed by atoms with Crippen LogP contribution < -0.4 is 0 Å². The second kappa shape index (κ2) is 49.3. The van der Waals surface area contributed by atoms with Gasteiger partial charge in [0.15, 0.2) is 0 Å². The lowest BCUT2D eigenvalue weighted by Gasteiger charge is -2.21. The Morgan fingerprint density at radius 1 is 0.571 bits per heavy atom. The van der Waals surface area contributed by atoms with E-state index in [0.717, 1.165) is 50.6 Å². The summed E-state index contributed by atoms with van der Waals surface area (Å²) in [7, 11) is 1.77. The van der Waals surface area contributed by atoms with Crippen molar-refractivity contribution in [3.63, 3.8) is 0 Å². The third kappa shape index (κ3) is 44.9. The maximum atomic E-state index is 10.5. The first-order chi connectivity index (χ1) is 27.5. The minimum Gasteiger partial charge on any atom is -0.483 e. The number of aryl methyl sites for hydroxylation is 1. The van der Waals surface area contributed by atoms with E-state index in [1.54, 1.807) is 7.11 Å². The van der Waals surface area contributed by atoms with Crippen LogP contribution in [0.3, 0.4) is 0 Å². The van der Waals surface area contributed by atoms with Crippen molar-refractivity contribution in [3.05, 3.63) is 11.8 Å². The Balaban J connectivity index is 0. The number of ether oxygens (including phenoxy) is 1. The number of methoxy groups -OCH3 is 1. The van der Waals surface area contributed by atoms with E-state index in [1.807, 2.05) is 6.92 Å². The number of aldehydes is 1. The molecule has 0 unspecified atom stereocenters. The van der Waals surface area contributed by atoms with E-state index in [4.69, 9.17) is 19.1 Å². The van der Waals surface area contributed by atoms with Crippen molar-refractivity contribution in [2.24, 2.45) is 5.92 Å². The number of hydrogen-bond donors (Lipinski definition) is 1. The van der Waals surface area contributed by atoms with Gasteiger partial charge in [0.05, 0.1) is 0 Å². The zero-order chi connectivity index (χ0) is 41.4. The van der Waals surface area contributed by atoms with Crippen molar-refractivity contribution < 1.29 is 23.8 Å². The molecule has 56 heavy (non-hydrogen) atoms. The molecule has 1 rings (SSSR count). The van der Waals surface area contributed by atoms with Gasteiger partial charge in [0.1, 0.15) is 6.29 Å². The lowest BCUT2D eigenvalue weighted by molar-refractivity contribution is -0.122. The molecule has 0 fully saturated rings. The maximum Gasteiger partial charge on any atom is 0.290 e. The maximum absolute atomic E-state index is 10.5. The van der Waals surface area contributed by atoms with Crippen molar-refractivity contribution in [2.75, 3.05) is 33.4 Å². The predicted molar refractivity (Wildman–Crippen MR) is 239 cm³/mol. The van der Waals surface area contributed by atoms with Crippen LogP contribution in [0, 0.1) is 12.8 Å². The van der Waals surface area contributed by atoms with Crippen molar-refractivity contribution in [1.82, 2.24) is 15.1 Å². The van der Waals surface area contributed by atoms with E-state index in [1.165, 1.54) is 206 Å². The average Bonchev–Trinajstić information content (AvgIpc) is 3.62. The van der Waals surface area contributed by atoms with Gasteiger partial charge in [0.25, 0.3) is 6.47 Å². The van der Waals surface area contributed by atoms with Gasteiger partial charge in [0.2, 0.25) is 11.8 Å². The molecule has 1 aromatic heterocycles. The van der Waals surface area contributed by atoms with Crippen LogP contribution in [0.5, 0.6) is 0 Å². The first-order valence-corrected chi connectivity index (χ1v) is 24.0. The quantitative estimate of drug-likeness (QED) is 0.0516. The normalized spacial score (nSPS) is 11.1. The van der Waals surface area contributed by atoms with E-state index < -0.39 is 0 Å². The van der Waals surface area contributed by atoms with Crippen LogP contribution in [0.2, 0.25) is 0 Å². The number of carboxylic acid groups (broad SMARTS) is 1. The first kappa shape index (κ1) is 56.3. The molecule has 8 nitrogen and oxygen atoms in total. The van der Waals surface area contributed by atoms with Gasteiger partial charge in [-0.05, 0) is 44.7 Å². The molecule has 0 radical (unpaired) electrons. The highest BCUT2D eigenvalue weighted by Crippen LogP contribution is 2.25. The van der Waals surface area contributed by atoms with Crippen molar-refractivity contribution >= 4 is 12.8 Å². The summed E-state index contributed by atoms with van der Waals surface area (Å²) in [5, 5.41) is 15.1. The Morgan fingerprint density at radius 2 is 0.964 bits per heavy atom. The van der Waals surface area contributed by atoms with Gasteiger partial charge in [-0.2, -0.15) is 0 Å². The molecule has 0 aromatic carbocycles. The summed E-state index contributed by atoms with van der Waals surface area (Å²) in [6.45, 7) is 12.8. The topological polar surface area (TPSA) is 106 Å². The second-order valence-electron chi connectivity index (χ2n) is 16.3. The highest BCUT2D eigenvalue weighted by atomic mass is 16.5. The van der Waals surface area contributed by atoms with Gasteiger partial charge in [-0.3, -0.25) is 4.79 Å². The fourth-order valence-electron chi connectivity index (χ4n) is 7.48. The molecule has 0 aliphatic heterocycles. The molecule has 0 atom stereocenters. The second-order valence-corrected chi connectivity index (χ2v) is 16.3. The SMILES string of the molecule is CCCCCCCCC(CCCCCCCC)CCCCCCCN(CCCCCCCC=O)CCc1nnc(C)o1.CCCCCCCCCOC.O=CO. The molecular weight excluding hydrogens is 699 g/mol. The summed E-state index contributed by atoms with van der Waals surface area (Å²) in [6, 6.07) is 0. The van der Waals surface area contributed by atoms with Gasteiger partial charge in [0, 0.05) is 40.0 Å². The van der Waals surface area contributed by atoms with Crippen LogP contribution in [-0.2, 0) is 20.7 Å². The Bertz CT molecular complexity index is 859. The van der Waals surface area contributed by atoms with Gasteiger partial charge >= 0.3 is 0 Å². The highest BCUT2D eigenvalue weighted by molar-refractivity contribution is 5.48. The summed E-state index contributed by atoms with van der Waals surface area (Å²) >= 11 is 0. The van der Waals surface area contributed by atoms with Crippen molar-refractivity contribution in [3.8, 4) is 0 Å². The van der Waals surface area contributed by atoms with E-state index in [9.17, 15) is 4.79 Å². The molecule has 0 aliphatic rings. The third-order valence-electron chi connectivity index (χ3n) is 11.0. The van der Waals surface area contributed by atoms with Crippen molar-refractivity contribution in [1.29, 1.82) is 0 Å². The molecule has 0 saturated carbocycles. The standard InChI is InChI=1S/C37H71N3O2.C10H22O.CH2O2/c1-4-6-8-10-15-21-27-36(28-22-16-11-9-7-5-2)29-23-17-14-19-25-32-40(31-24-18-12-13-20-26-34-41)33-30-37-39-38-35(3)42-37;1-3-4-5-6-7-8-9-10-11-2;2-1-3/h34,36H,4-33H2,1-3H3;3-10H2,1-2H3;1H,(H,2,3). The average molecular weight is 794 g/mol. The lowest BCUT2D eigenvalue weighted by Crippen LogP contribution is -2.28. The number of unbranched alkanes of at least 4 members (excludes halogenated alkanes) is 25. The molecule has 0 amide bonds. The number of hydrogen-bond acceptors (Lipinski definition) is 7. The molecule has 1 heterocycles. The van der Waals surface area contributed by atoms with Gasteiger partial charge in [-0.25, -0.2) is 0 Å². The van der Waals surface area contributed by atoms with Crippen LogP contribution in [0.25, 0.3) is 0 Å². The number of aromatic nitrogens is 2. The molecule has 0 aliphatic carbocycles. The number of rotatable bonds is 41. The third-order valence-corrected chi connectivity index (χ3v) is 11.0. The Kier molecular flexibility index (Phi) is 49.6. The molecule has 8 heteroatoms. The zero-order valence-electron chi connectivity index (χ0n) is 38.0. The summed E-state index contributed by atoms with van der Waals surface area (Å²) < 4.78 is 10.6. The summed E-state index contributed by atoms with van der Waals surface area (Å²) in [5.74, 6) is 2.40. The summed E-state index contributed by atoms with van der Waals surface area (Å²) in [5.41, 5.74) is 0. The minimum absolute atomic E-state index is 0.250. The van der Waals surface area contributed by atoms with Crippen LogP contribution in [-0.4, -0.2) is 66.3 Å². The predicted octanol–water partition coefficient (Wildman–Crippen LogP) is 14.3. The number of carbonyl (C=O) groups is 2. The lowest BCUT2D eigenvalue weighted by atomic mass is 9.89. The molecular formula is C48H95N3O5. The molecule has 0 bridgehead atoms. The molecule has 0 spiro atoms. The Morgan fingerprint density at radius 3 is 1.36 bits per heavy atom. The number of nitrogens with zero attached hydrogens (tertiary/aromatic N) is 3. The van der Waals surface area contributed by atoms with Crippen LogP contribution in [0.4, 0.5) is 0 Å². The van der Waals surface area contributed by atoms with Gasteiger partial charge in [-0.15, -0.1) is 10.2 Å². The van der Waals surface area contributed by atoms with Gasteiger partial charge < -0.3 is 24.0 Å². The number of carbonyl (C=O) groups excluding carboxylic acids is 1. The fraction of sp³-hybridized carbons (Fsp3) is 0.917. The van der Waals surface area contributed by atoms with Crippen LogP contribution >= 0.6 is 0 Å². The van der Waals surface area contributed by atoms with E-state index in [2.05, 4.69) is 35.9 Å². The Hall–Kier alpha value is -1.80. The molecule has 1 N–H and O–H groups in total. The Labute approximate surface area is 347 Å². The van der Waals surface area contributed by atoms with Crippen LogP contribution in [0.1, 0.15) is 244 Å². The first-order valence-electron chi connectivity index (χ1n) is 24.0.